The smallest absolute Gasteiger partial charge is 0.353 e. The van der Waals surface area contributed by atoms with Crippen LogP contribution in [0.15, 0.2) is 21.1 Å². The molecule has 2 amide bonds. The summed E-state index contributed by atoms with van der Waals surface area (Å²) in [5, 5.41) is 25.1. The minimum Gasteiger partial charge on any atom is -0.477 e. The first-order chi connectivity index (χ1) is 13.4. The van der Waals surface area contributed by atoms with Crippen LogP contribution in [0.3, 0.4) is 0 Å². The van der Waals surface area contributed by atoms with Crippen LogP contribution in [0.1, 0.15) is 5.69 Å². The molecule has 2 aliphatic rings. The summed E-state index contributed by atoms with van der Waals surface area (Å²) in [5.74, 6) is 0.417. The first-order valence-corrected chi connectivity index (χ1v) is 10.5. The Morgan fingerprint density at radius 1 is 1.57 bits per heavy atom. The monoisotopic (exact) mass is 439 g/mol. The first kappa shape index (κ1) is 20.1. The Morgan fingerprint density at radius 2 is 2.32 bits per heavy atom. The van der Waals surface area contributed by atoms with E-state index in [4.69, 9.17) is 17.4 Å². The SMILES string of the molecule is C#CCSC1=C(C(=O)O)N2C(=O)[C@@H](NC(=O)/C(=N\O)c3csc(N)n3)[C@H]2SC1. The van der Waals surface area contributed by atoms with Crippen molar-refractivity contribution in [1.82, 2.24) is 15.2 Å². The number of β-lactam (4-membered cyclic amide) rings is 1. The third-order valence-corrected chi connectivity index (χ3v) is 6.97. The third-order valence-electron chi connectivity index (χ3n) is 3.83. The molecule has 3 rings (SSSR count). The van der Waals surface area contributed by atoms with Gasteiger partial charge in [0.05, 0.1) is 5.75 Å². The second-order valence-corrected chi connectivity index (χ2v) is 8.52. The van der Waals surface area contributed by atoms with Gasteiger partial charge in [-0.15, -0.1) is 41.3 Å². The number of terminal acetylenes is 1. The van der Waals surface area contributed by atoms with E-state index in [1.165, 1.54) is 28.9 Å². The molecule has 0 bridgehead atoms. The number of nitrogen functional groups attached to an aromatic ring is 1. The van der Waals surface area contributed by atoms with Crippen molar-refractivity contribution in [3.05, 3.63) is 21.7 Å². The molecule has 0 radical (unpaired) electrons. The van der Waals surface area contributed by atoms with E-state index in [1.807, 2.05) is 0 Å². The fraction of sp³-hybridized carbons (Fsp3) is 0.267. The maximum Gasteiger partial charge on any atom is 0.353 e. The molecule has 3 heterocycles. The summed E-state index contributed by atoms with van der Waals surface area (Å²) >= 11 is 3.56. The minimum absolute atomic E-state index is 0.0708. The number of fused-ring (bicyclic) bond motifs is 1. The van der Waals surface area contributed by atoms with Gasteiger partial charge in [-0.25, -0.2) is 9.78 Å². The number of aliphatic carboxylic acids is 1. The largest absolute Gasteiger partial charge is 0.477 e. The Bertz CT molecular complexity index is 950. The second-order valence-electron chi connectivity index (χ2n) is 5.45. The van der Waals surface area contributed by atoms with E-state index in [0.717, 1.165) is 16.2 Å². The van der Waals surface area contributed by atoms with Crippen molar-refractivity contribution in [2.24, 2.45) is 5.16 Å². The van der Waals surface area contributed by atoms with Crippen LogP contribution in [0.5, 0.6) is 0 Å². The second kappa shape index (κ2) is 8.13. The number of amides is 2. The third kappa shape index (κ3) is 3.53. The highest BCUT2D eigenvalue weighted by Gasteiger charge is 2.54. The zero-order valence-electron chi connectivity index (χ0n) is 14.0. The van der Waals surface area contributed by atoms with E-state index in [1.54, 1.807) is 0 Å². The van der Waals surface area contributed by atoms with Crippen molar-refractivity contribution < 1.29 is 24.7 Å². The van der Waals surface area contributed by atoms with Gasteiger partial charge in [0, 0.05) is 16.0 Å². The number of nitrogens with zero attached hydrogens (tertiary/aromatic N) is 3. The van der Waals surface area contributed by atoms with E-state index in [-0.39, 0.29) is 28.0 Å². The van der Waals surface area contributed by atoms with Crippen LogP contribution in [0, 0.1) is 12.3 Å². The molecule has 1 aromatic rings. The van der Waals surface area contributed by atoms with Crippen molar-refractivity contribution in [2.45, 2.75) is 11.4 Å². The molecule has 13 heteroatoms. The van der Waals surface area contributed by atoms with Crippen LogP contribution in [-0.4, -0.2) is 66.6 Å². The highest BCUT2D eigenvalue weighted by Crippen LogP contribution is 2.43. The summed E-state index contributed by atoms with van der Waals surface area (Å²) < 4.78 is 0. The number of rotatable bonds is 6. The summed E-state index contributed by atoms with van der Waals surface area (Å²) in [6, 6.07) is -0.959. The fourth-order valence-electron chi connectivity index (χ4n) is 2.65. The van der Waals surface area contributed by atoms with Crippen molar-refractivity contribution in [3.8, 4) is 12.3 Å². The van der Waals surface area contributed by atoms with Crippen molar-refractivity contribution in [3.63, 3.8) is 0 Å². The lowest BCUT2D eigenvalue weighted by Gasteiger charge is -2.49. The van der Waals surface area contributed by atoms with Crippen LogP contribution < -0.4 is 11.1 Å². The van der Waals surface area contributed by atoms with Gasteiger partial charge in [-0.3, -0.25) is 14.5 Å². The number of oxime groups is 1. The van der Waals surface area contributed by atoms with Gasteiger partial charge in [0.15, 0.2) is 10.8 Å². The lowest BCUT2D eigenvalue weighted by molar-refractivity contribution is -0.150. The number of aromatic nitrogens is 1. The zero-order valence-corrected chi connectivity index (χ0v) is 16.4. The molecule has 1 saturated heterocycles. The van der Waals surface area contributed by atoms with Gasteiger partial charge in [0.2, 0.25) is 0 Å². The maximum absolute atomic E-state index is 12.5. The lowest BCUT2D eigenvalue weighted by atomic mass is 10.0. The Kier molecular flexibility index (Phi) is 5.82. The number of hydrogen-bond acceptors (Lipinski definition) is 10. The van der Waals surface area contributed by atoms with E-state index in [2.05, 4.69) is 21.4 Å². The summed E-state index contributed by atoms with van der Waals surface area (Å²) in [5.41, 5.74) is 5.07. The number of nitrogens with one attached hydrogen (secondary N) is 1. The molecule has 10 nitrogen and oxygen atoms in total. The van der Waals surface area contributed by atoms with E-state index in [0.29, 0.717) is 10.7 Å². The van der Waals surface area contributed by atoms with Gasteiger partial charge in [-0.1, -0.05) is 11.1 Å². The van der Waals surface area contributed by atoms with Crippen molar-refractivity contribution in [1.29, 1.82) is 0 Å². The van der Waals surface area contributed by atoms with Crippen molar-refractivity contribution in [2.75, 3.05) is 17.2 Å². The first-order valence-electron chi connectivity index (χ1n) is 7.60. The van der Waals surface area contributed by atoms with Crippen LogP contribution in [0.4, 0.5) is 5.13 Å². The standard InChI is InChI=1S/C15H13N5O5S3/c1-2-3-26-7-5-27-13-9(12(22)20(13)10(7)14(23)24)18-11(21)8(19-25)6-4-28-15(16)17-6/h1,4,9,13,25H,3,5H2,(H2,16,17)(H,18,21)(H,23,24)/b19-8-/t9-,13-/m1/s1. The Morgan fingerprint density at radius 3 is 2.89 bits per heavy atom. The zero-order chi connectivity index (χ0) is 20.4. The van der Waals surface area contributed by atoms with Gasteiger partial charge < -0.3 is 21.4 Å². The molecule has 28 heavy (non-hydrogen) atoms. The quantitative estimate of drug-likeness (QED) is 0.157. The van der Waals surface area contributed by atoms with Gasteiger partial charge >= 0.3 is 5.97 Å². The minimum atomic E-state index is -1.24. The molecule has 1 aromatic heterocycles. The number of carboxylic acids is 1. The maximum atomic E-state index is 12.5. The number of anilines is 1. The highest BCUT2D eigenvalue weighted by atomic mass is 32.2. The molecule has 2 atom stereocenters. The summed E-state index contributed by atoms with van der Waals surface area (Å²) in [4.78, 5) is 42.1. The molecule has 0 aromatic carbocycles. The molecule has 2 aliphatic heterocycles. The fourth-order valence-corrected chi connectivity index (χ4v) is 5.51. The summed E-state index contributed by atoms with van der Waals surface area (Å²) in [7, 11) is 0. The Balaban J connectivity index is 1.76. The molecule has 146 valence electrons. The topological polar surface area (TPSA) is 158 Å². The number of carbonyl (C=O) groups is 3. The molecule has 0 aliphatic carbocycles. The van der Waals surface area contributed by atoms with Gasteiger partial charge in [0.25, 0.3) is 11.8 Å². The Hall–Kier alpha value is -2.69. The average molecular weight is 440 g/mol. The summed E-state index contributed by atoms with van der Waals surface area (Å²) in [6.07, 6.45) is 5.22. The number of carbonyl (C=O) groups excluding carboxylic acids is 2. The van der Waals surface area contributed by atoms with E-state index >= 15 is 0 Å². The predicted molar refractivity (Wildman–Crippen MR) is 106 cm³/mol. The van der Waals surface area contributed by atoms with E-state index in [9.17, 15) is 19.5 Å². The molecule has 5 N–H and O–H groups in total. The average Bonchev–Trinajstić information content (AvgIpc) is 3.09. The molecule has 0 spiro atoms. The molecule has 1 fully saturated rings. The Labute approximate surface area is 171 Å². The van der Waals surface area contributed by atoms with E-state index < -0.39 is 29.2 Å². The van der Waals surface area contributed by atoms with Crippen LogP contribution in [0.25, 0.3) is 0 Å². The highest BCUT2D eigenvalue weighted by molar-refractivity contribution is 8.06. The number of thioether (sulfide) groups is 2. The van der Waals surface area contributed by atoms with Gasteiger partial charge in [-0.2, -0.15) is 0 Å². The normalized spacial score (nSPS) is 21.6. The van der Waals surface area contributed by atoms with Crippen molar-refractivity contribution >= 4 is 63.5 Å². The molecule has 0 unspecified atom stereocenters. The summed E-state index contributed by atoms with van der Waals surface area (Å²) in [6.45, 7) is 0. The molecular formula is C15H13N5O5S3. The number of nitrogens with two attached hydrogens (primary N) is 1. The number of hydrogen-bond donors (Lipinski definition) is 4. The van der Waals surface area contributed by atoms with Crippen LogP contribution in [-0.2, 0) is 14.4 Å². The lowest BCUT2D eigenvalue weighted by Crippen LogP contribution is -2.71. The van der Waals surface area contributed by atoms with Crippen LogP contribution >= 0.6 is 34.9 Å². The number of thiazole rings is 1. The number of carboxylic acid groups (broad SMARTS) is 1. The van der Waals surface area contributed by atoms with Crippen LogP contribution in [0.2, 0.25) is 0 Å². The van der Waals surface area contributed by atoms with Gasteiger partial charge in [0.1, 0.15) is 22.8 Å². The molecular weight excluding hydrogens is 426 g/mol. The molecule has 0 saturated carbocycles. The van der Waals surface area contributed by atoms with Gasteiger partial charge in [-0.05, 0) is 0 Å². The predicted octanol–water partition coefficient (Wildman–Crippen LogP) is -0.0339.